The van der Waals surface area contributed by atoms with E-state index in [1.807, 2.05) is 0 Å². The highest BCUT2D eigenvalue weighted by molar-refractivity contribution is 6.01. The number of unbranched alkanes of at least 4 members (excludes halogenated alkanes) is 5. The van der Waals surface area contributed by atoms with Gasteiger partial charge in [-0.15, -0.1) is 5.06 Å². The Balaban J connectivity index is 0.869. The summed E-state index contributed by atoms with van der Waals surface area (Å²) in [5.74, 6) is -4.20. The van der Waals surface area contributed by atoms with Gasteiger partial charge in [-0.25, -0.2) is 4.79 Å². The average Bonchev–Trinajstić information content (AvgIpc) is 1.11. The summed E-state index contributed by atoms with van der Waals surface area (Å²) in [4.78, 5) is 84.7. The zero-order valence-corrected chi connectivity index (χ0v) is 65.9. The van der Waals surface area contributed by atoms with Crippen LogP contribution in [-0.2, 0) is 99.9 Å². The van der Waals surface area contributed by atoms with Gasteiger partial charge in [0.25, 0.3) is 11.8 Å². The van der Waals surface area contributed by atoms with E-state index in [9.17, 15) is 151 Å². The molecule has 51 heteroatoms. The van der Waals surface area contributed by atoms with Crippen molar-refractivity contribution in [3.8, 4) is 0 Å². The molecule has 51 nitrogen and oxygen atoms in total. The second kappa shape index (κ2) is 49.7. The minimum absolute atomic E-state index is 0.0197. The first kappa shape index (κ1) is 102. The summed E-state index contributed by atoms with van der Waals surface area (Å²) < 4.78 is 79.3. The van der Waals surface area contributed by atoms with Crippen molar-refractivity contribution in [3.63, 3.8) is 0 Å². The zero-order valence-electron chi connectivity index (χ0n) is 65.9. The van der Waals surface area contributed by atoms with Gasteiger partial charge in [-0.2, -0.15) is 0 Å². The molecule has 700 valence electrons. The highest BCUT2D eigenvalue weighted by atomic mass is 16.8. The topological polar surface area (TPSA) is 772 Å². The van der Waals surface area contributed by atoms with Gasteiger partial charge in [-0.1, -0.05) is 19.3 Å². The molecular formula is C70H120N6O45. The molecule has 8 saturated heterocycles. The molecular weight excluding hydrogens is 1640 g/mol. The molecule has 0 bridgehead atoms. The van der Waals surface area contributed by atoms with Gasteiger partial charge in [-0.3, -0.25) is 33.8 Å². The van der Waals surface area contributed by atoms with E-state index >= 15 is 0 Å². The number of ether oxygens (including phenoxy) is 14. The number of aliphatic hydroxyl groups excluding tert-OH is 24. The van der Waals surface area contributed by atoms with Gasteiger partial charge in [0.1, 0.15) is 171 Å². The van der Waals surface area contributed by atoms with Crippen LogP contribution in [0.25, 0.3) is 0 Å². The number of hydrogen-bond donors (Lipinski definition) is 27. The van der Waals surface area contributed by atoms with Crippen molar-refractivity contribution in [1.82, 2.24) is 30.8 Å². The molecule has 0 aromatic heterocycles. The monoisotopic (exact) mass is 1760 g/mol. The fourth-order valence-electron chi connectivity index (χ4n) is 14.2. The quantitative estimate of drug-likeness (QED) is 0.0199. The molecule has 8 rings (SSSR count). The summed E-state index contributed by atoms with van der Waals surface area (Å²) in [5.41, 5.74) is 0. The van der Waals surface area contributed by atoms with E-state index in [-0.39, 0.29) is 78.2 Å². The molecule has 0 spiro atoms. The molecule has 8 heterocycles. The normalized spacial score (nSPS) is 39.3. The van der Waals surface area contributed by atoms with Gasteiger partial charge in [0, 0.05) is 52.0 Å². The molecule has 8 fully saturated rings. The Morgan fingerprint density at radius 2 is 0.628 bits per heavy atom. The number of hydroxylamine groups is 2. The standard InChI is InChI=1S/C70H120N6O45/c77-23-30-43(88)50(95)55(100)64(112-30)108-18-15-74(16-19-109-68-61(106)63(120-70-59(104)54(99)47(92)34(27-81)116-70)49(94)36(118-68)29-111-66-57(102)52(97)45(90)32(25-79)114-66)14-7-2-1-5-11-71-37(82)20-75(21-38(83)72-12-6-3-4-8-42(87)121-76-40(85)9-10-41(76)86)22-39(84)73-13-17-107-67-60(105)62(119-69-58(103)53(98)46(91)33(26-80)115-69)48(93)35(117-67)28-110-65-56(101)51(96)44(89)31(24-78)113-65/h30-36,43-70,77-81,88-106H,1-29H2,(H,71,82)(H,72,83)(H,73,84)/t30-,31-,32-,33-,34-,35-,36-,43-,44-,45-,46-,47-,48-,49-,50+,51+,52+,53+,54+,55+,56+,57+,58+,59+,60+,61+,62+,63+,64+,65+,66+,67+,68+,69-,70-/m1/s1. The number of amides is 5. The number of imide groups is 1. The van der Waals surface area contributed by atoms with E-state index in [0.717, 1.165) is 0 Å². The Kier molecular flexibility index (Phi) is 41.8. The van der Waals surface area contributed by atoms with Gasteiger partial charge in [0.05, 0.1) is 85.7 Å². The van der Waals surface area contributed by atoms with Gasteiger partial charge < -0.3 is 210 Å². The lowest BCUT2D eigenvalue weighted by atomic mass is 9.96. The second-order valence-corrected chi connectivity index (χ2v) is 30.3. The summed E-state index contributed by atoms with van der Waals surface area (Å²) in [6.45, 7) is -8.49. The predicted molar refractivity (Wildman–Crippen MR) is 386 cm³/mol. The van der Waals surface area contributed by atoms with Gasteiger partial charge in [0.15, 0.2) is 44.0 Å². The van der Waals surface area contributed by atoms with Crippen molar-refractivity contribution in [2.24, 2.45) is 0 Å². The third kappa shape index (κ3) is 28.0. The van der Waals surface area contributed by atoms with Crippen molar-refractivity contribution < 1.29 is 222 Å². The number of aliphatic hydroxyl groups is 24. The molecule has 5 amide bonds. The summed E-state index contributed by atoms with van der Waals surface area (Å²) in [7, 11) is 0. The maximum atomic E-state index is 13.7. The van der Waals surface area contributed by atoms with E-state index in [4.69, 9.17) is 71.2 Å². The van der Waals surface area contributed by atoms with Crippen LogP contribution in [0.3, 0.4) is 0 Å². The lowest BCUT2D eigenvalue weighted by Gasteiger charge is -2.46. The number of nitrogens with one attached hydrogen (secondary N) is 3. The molecule has 8 aliphatic rings. The molecule has 0 saturated carbocycles. The fraction of sp³-hybridized carbons (Fsp3) is 0.914. The summed E-state index contributed by atoms with van der Waals surface area (Å²) in [5, 5.41) is 261. The van der Waals surface area contributed by atoms with Gasteiger partial charge in [-0.05, 0) is 32.2 Å². The number of hydrogen-bond acceptors (Lipinski definition) is 47. The first-order chi connectivity index (χ1) is 57.7. The van der Waals surface area contributed by atoms with Crippen molar-refractivity contribution in [2.75, 3.05) is 125 Å². The van der Waals surface area contributed by atoms with Crippen molar-refractivity contribution in [1.29, 1.82) is 0 Å². The van der Waals surface area contributed by atoms with Crippen LogP contribution in [0.2, 0.25) is 0 Å². The van der Waals surface area contributed by atoms with E-state index in [1.54, 1.807) is 4.90 Å². The average molecular weight is 1770 g/mol. The Morgan fingerprint density at radius 3 is 1.00 bits per heavy atom. The smallest absolute Gasteiger partial charge is 0.333 e. The summed E-state index contributed by atoms with van der Waals surface area (Å²) in [6, 6.07) is 0. The van der Waals surface area contributed by atoms with Crippen molar-refractivity contribution >= 4 is 35.5 Å². The molecule has 27 N–H and O–H groups in total. The summed E-state index contributed by atoms with van der Waals surface area (Å²) >= 11 is 0. The molecule has 0 unspecified atom stereocenters. The number of carbonyl (C=O) groups excluding carboxylic acids is 6. The molecule has 121 heavy (non-hydrogen) atoms. The molecule has 8 aliphatic heterocycles. The van der Waals surface area contributed by atoms with Crippen LogP contribution in [0.4, 0.5) is 0 Å². The third-order valence-electron chi connectivity index (χ3n) is 21.4. The Bertz CT molecular complexity index is 3100. The first-order valence-corrected chi connectivity index (χ1v) is 39.9. The van der Waals surface area contributed by atoms with Crippen LogP contribution in [0, 0.1) is 0 Å². The van der Waals surface area contributed by atoms with Crippen LogP contribution in [-0.4, -0.2) is 513 Å². The van der Waals surface area contributed by atoms with E-state index in [0.29, 0.717) is 43.6 Å². The van der Waals surface area contributed by atoms with E-state index < -0.39 is 323 Å². The minimum Gasteiger partial charge on any atom is -0.394 e. The Labute approximate surface area is 690 Å². The highest BCUT2D eigenvalue weighted by Gasteiger charge is 2.56. The lowest BCUT2D eigenvalue weighted by molar-refractivity contribution is -0.366. The Hall–Kier alpha value is -4.58. The van der Waals surface area contributed by atoms with Crippen LogP contribution in [0.15, 0.2) is 0 Å². The number of nitrogens with zero attached hydrogens (tertiary/aromatic N) is 3. The zero-order chi connectivity index (χ0) is 88.6. The number of rotatable bonds is 47. The SMILES string of the molecule is O=C(CN(CC(=O)NCCCCCC(=O)ON1C(=O)CCC1=O)CC(=O)NCCO[C@H]1O[C@H](CO[C@H]2O[C@H](CO)[C@@H](O)[C@H](O)[C@@H]2O)[C@@H](O)[C@H](O[C@H]2O[C@H](CO)[C@@H](O)[C@H](O)[C@@H]2O)[C@@H]1O)NCCCCCCN(CCO[C@H]1O[C@H](CO)[C@@H](O)[C@H](O)[C@@H]1O)CCO[C@H]1O[C@H](CO[C@H]2O[C@H](CO)[C@@H](O)[C@H](O)[C@@H]2O)[C@@H](O)[C@H](O[C@H]2O[C@H](CO)[C@@H](O)[C@H](O)[C@@H]2O)[C@@H]1O. The molecule has 0 aliphatic carbocycles. The van der Waals surface area contributed by atoms with Crippen molar-refractivity contribution in [3.05, 3.63) is 0 Å². The molecule has 35 atom stereocenters. The fourth-order valence-corrected chi connectivity index (χ4v) is 14.2. The minimum atomic E-state index is -2.04. The molecule has 0 aromatic carbocycles. The van der Waals surface area contributed by atoms with E-state index in [2.05, 4.69) is 16.0 Å². The largest absolute Gasteiger partial charge is 0.394 e. The van der Waals surface area contributed by atoms with Crippen molar-refractivity contribution in [2.45, 2.75) is 279 Å². The summed E-state index contributed by atoms with van der Waals surface area (Å²) in [6.07, 6.45) is -60.4. The van der Waals surface area contributed by atoms with E-state index in [1.165, 1.54) is 4.90 Å². The van der Waals surface area contributed by atoms with Crippen LogP contribution in [0.5, 0.6) is 0 Å². The maximum absolute atomic E-state index is 13.7. The maximum Gasteiger partial charge on any atom is 0.333 e. The molecule has 0 radical (unpaired) electrons. The van der Waals surface area contributed by atoms with Crippen LogP contribution in [0.1, 0.15) is 64.2 Å². The lowest BCUT2D eigenvalue weighted by Crippen LogP contribution is -2.65. The van der Waals surface area contributed by atoms with Gasteiger partial charge in [0.2, 0.25) is 17.7 Å². The van der Waals surface area contributed by atoms with Crippen LogP contribution >= 0.6 is 0 Å². The number of carbonyl (C=O) groups is 6. The van der Waals surface area contributed by atoms with Crippen LogP contribution < -0.4 is 16.0 Å². The predicted octanol–water partition coefficient (Wildman–Crippen LogP) is -17.6. The van der Waals surface area contributed by atoms with Gasteiger partial charge >= 0.3 is 5.97 Å². The third-order valence-corrected chi connectivity index (χ3v) is 21.4. The second-order valence-electron chi connectivity index (χ2n) is 30.3. The first-order valence-electron chi connectivity index (χ1n) is 39.9. The molecule has 0 aromatic rings. The highest BCUT2D eigenvalue weighted by Crippen LogP contribution is 2.35. The Morgan fingerprint density at radius 1 is 0.322 bits per heavy atom.